The van der Waals surface area contributed by atoms with Gasteiger partial charge in [-0.05, 0) is 29.3 Å². The third-order valence-corrected chi connectivity index (χ3v) is 13.2. The molecular formula is C32H22N12O12S4. The van der Waals surface area contributed by atoms with Gasteiger partial charge in [-0.2, -0.15) is 61.7 Å². The molecule has 0 amide bonds. The Kier molecular flexibility index (Phi) is 9.64. The molecule has 60 heavy (non-hydrogen) atoms. The lowest BCUT2D eigenvalue weighted by Crippen LogP contribution is -2.12. The Morgan fingerprint density at radius 1 is 0.483 bits per heavy atom. The Balaban J connectivity index is 1.53. The van der Waals surface area contributed by atoms with E-state index in [2.05, 4.69) is 47.8 Å². The zero-order valence-corrected chi connectivity index (χ0v) is 32.7. The summed E-state index contributed by atoms with van der Waals surface area (Å²) < 4.78 is 97.7. The van der Waals surface area contributed by atoms with E-state index in [4.69, 9.17) is 42.9 Å². The first-order valence-electron chi connectivity index (χ1n) is 16.4. The number of H-pyrrole nitrogens is 2. The molecule has 0 saturated carbocycles. The van der Waals surface area contributed by atoms with Gasteiger partial charge in [0.25, 0.3) is 0 Å². The SMILES string of the molecule is NOOOSc1cccc2c3nc4nc(nc5[nH]c(nc6nc(nc([nH]3)c12)-c1cccc(S(=O)(=O)ON)c1-6)c1cccc(S(=O)(=O)ON)c51)-c1cccc(S(=O)(=O)ON)c1-4. The predicted molar refractivity (Wildman–Crippen MR) is 207 cm³/mol. The summed E-state index contributed by atoms with van der Waals surface area (Å²) in [6.07, 6.45) is 0. The molecule has 7 aromatic rings. The average molecular weight is 895 g/mol. The zero-order valence-electron chi connectivity index (χ0n) is 29.5. The summed E-state index contributed by atoms with van der Waals surface area (Å²) in [5.41, 5.74) is -0.0994. The Morgan fingerprint density at radius 2 is 0.917 bits per heavy atom. The van der Waals surface area contributed by atoms with Crippen molar-refractivity contribution in [1.29, 1.82) is 0 Å². The lowest BCUT2D eigenvalue weighted by atomic mass is 10.1. The highest BCUT2D eigenvalue weighted by atomic mass is 32.2. The van der Waals surface area contributed by atoms with Gasteiger partial charge in [-0.3, -0.25) is 0 Å². The number of hydrogen-bond donors (Lipinski definition) is 6. The van der Waals surface area contributed by atoms with Gasteiger partial charge in [-0.15, -0.1) is 9.32 Å². The molecule has 3 aromatic heterocycles. The minimum atomic E-state index is -4.65. The number of nitrogens with one attached hydrogen (secondary N) is 2. The molecule has 0 spiro atoms. The van der Waals surface area contributed by atoms with Gasteiger partial charge in [-0.25, -0.2) is 29.9 Å². The fourth-order valence-corrected chi connectivity index (χ4v) is 9.74. The number of aromatic amines is 2. The predicted octanol–water partition coefficient (Wildman–Crippen LogP) is 2.37. The van der Waals surface area contributed by atoms with Crippen molar-refractivity contribution in [2.24, 2.45) is 23.6 Å². The second kappa shape index (κ2) is 14.6. The van der Waals surface area contributed by atoms with Gasteiger partial charge < -0.3 is 9.97 Å². The van der Waals surface area contributed by atoms with Gasteiger partial charge in [0.1, 0.15) is 37.3 Å². The number of nitrogens with two attached hydrogens (primary N) is 4. The van der Waals surface area contributed by atoms with Gasteiger partial charge in [0.05, 0.1) is 28.1 Å². The van der Waals surface area contributed by atoms with Crippen LogP contribution in [-0.2, 0) is 57.6 Å². The van der Waals surface area contributed by atoms with Crippen LogP contribution in [0.15, 0.2) is 92.4 Å². The number of fused-ring (bicyclic) bond motifs is 20. The first-order valence-corrected chi connectivity index (χ1v) is 21.4. The molecule has 2 aliphatic rings. The summed E-state index contributed by atoms with van der Waals surface area (Å²) in [6, 6.07) is 17.2. The first-order chi connectivity index (χ1) is 28.8. The van der Waals surface area contributed by atoms with Crippen molar-refractivity contribution < 1.29 is 52.5 Å². The van der Waals surface area contributed by atoms with Crippen LogP contribution in [-0.4, -0.2) is 65.1 Å². The molecule has 0 unspecified atom stereocenters. The molecule has 0 radical (unpaired) electrons. The van der Waals surface area contributed by atoms with Crippen LogP contribution in [0.1, 0.15) is 0 Å². The lowest BCUT2D eigenvalue weighted by Gasteiger charge is -2.06. The highest BCUT2D eigenvalue weighted by Crippen LogP contribution is 2.43. The first kappa shape index (κ1) is 39.5. The average Bonchev–Trinajstić information content (AvgIpc) is 3.99. The van der Waals surface area contributed by atoms with E-state index in [0.29, 0.717) is 27.7 Å². The van der Waals surface area contributed by atoms with Crippen molar-refractivity contribution in [3.05, 3.63) is 72.8 Å². The molecule has 0 aliphatic carbocycles. The highest BCUT2D eigenvalue weighted by molar-refractivity contribution is 7.94. The third-order valence-electron chi connectivity index (χ3n) is 9.16. The Morgan fingerprint density at radius 3 is 1.43 bits per heavy atom. The van der Waals surface area contributed by atoms with E-state index >= 15 is 0 Å². The topological polar surface area (TPSA) is 371 Å². The Bertz CT molecular complexity index is 3450. The Labute approximate surface area is 339 Å². The van der Waals surface area contributed by atoms with E-state index in [1.165, 1.54) is 54.6 Å². The number of nitrogens with zero attached hydrogens (tertiary/aromatic N) is 6. The number of hydrogen-bond acceptors (Lipinski definition) is 23. The second-order valence-electron chi connectivity index (χ2n) is 12.3. The van der Waals surface area contributed by atoms with Gasteiger partial charge in [0.15, 0.2) is 23.3 Å². The quantitative estimate of drug-likeness (QED) is 0.0496. The van der Waals surface area contributed by atoms with Gasteiger partial charge >= 0.3 is 30.4 Å². The van der Waals surface area contributed by atoms with Crippen LogP contribution in [0.3, 0.4) is 0 Å². The van der Waals surface area contributed by atoms with Crippen molar-refractivity contribution in [3.63, 3.8) is 0 Å². The van der Waals surface area contributed by atoms with Crippen molar-refractivity contribution in [1.82, 2.24) is 39.9 Å². The zero-order chi connectivity index (χ0) is 42.1. The van der Waals surface area contributed by atoms with E-state index in [1.807, 2.05) is 0 Å². The van der Waals surface area contributed by atoms with Crippen LogP contribution in [0.4, 0.5) is 0 Å². The lowest BCUT2D eigenvalue weighted by molar-refractivity contribution is -0.464. The van der Waals surface area contributed by atoms with Gasteiger partial charge in [0.2, 0.25) is 0 Å². The molecular weight excluding hydrogens is 873 g/mol. The molecule has 306 valence electrons. The summed E-state index contributed by atoms with van der Waals surface area (Å²) in [7, 11) is -13.9. The van der Waals surface area contributed by atoms with Crippen molar-refractivity contribution in [2.75, 3.05) is 0 Å². The standard InChI is InChI=1S/C32H22N12O12S4/c33-51-55-56-57-17-9-1-5-13-21(17)29-37-25(13)39-30-23-15(7-3-11-19(23)59(47,48)53-35)27(41-30)43-32-24-16(8-4-12-20(24)60(49,50)54-36)28(44-32)42-31-22-14(26(38-29)40-31)6-2-10-18(22)58(45,46)52-34/h1-12H,33-36H2,(H2,37,38,39,40,41,42,43,44). The fourth-order valence-electron chi connectivity index (χ4n) is 6.77. The molecule has 5 heterocycles. The summed E-state index contributed by atoms with van der Waals surface area (Å²) in [5.74, 6) is 19.9. The molecule has 28 heteroatoms. The van der Waals surface area contributed by atoms with Crippen LogP contribution in [0.2, 0.25) is 0 Å². The largest absolute Gasteiger partial charge is 0.324 e. The monoisotopic (exact) mass is 894 g/mol. The minimum Gasteiger partial charge on any atom is -0.324 e. The molecule has 2 aliphatic heterocycles. The van der Waals surface area contributed by atoms with Crippen LogP contribution in [0, 0.1) is 0 Å². The van der Waals surface area contributed by atoms with Gasteiger partial charge in [0, 0.05) is 32.7 Å². The van der Waals surface area contributed by atoms with Crippen molar-refractivity contribution in [3.8, 4) is 45.6 Å². The van der Waals surface area contributed by atoms with Crippen LogP contribution < -0.4 is 23.6 Å². The van der Waals surface area contributed by atoms with E-state index < -0.39 is 45.0 Å². The number of benzene rings is 4. The van der Waals surface area contributed by atoms with Crippen LogP contribution in [0.5, 0.6) is 0 Å². The molecule has 9 rings (SSSR count). The number of aromatic nitrogens is 8. The normalized spacial score (nSPS) is 12.9. The number of rotatable bonds is 10. The maximum Gasteiger partial charge on any atom is 0.313 e. The molecule has 0 atom stereocenters. The van der Waals surface area contributed by atoms with E-state index in [9.17, 15) is 25.3 Å². The maximum atomic E-state index is 13.3. The van der Waals surface area contributed by atoms with Gasteiger partial charge in [-0.1, -0.05) is 48.5 Å². The minimum absolute atomic E-state index is 0.0581. The third kappa shape index (κ3) is 6.36. The highest BCUT2D eigenvalue weighted by Gasteiger charge is 2.32. The summed E-state index contributed by atoms with van der Waals surface area (Å²) in [4.78, 5) is 37.4. The van der Waals surface area contributed by atoms with E-state index in [0.717, 1.165) is 0 Å². The molecule has 8 bridgehead atoms. The van der Waals surface area contributed by atoms with Crippen molar-refractivity contribution >= 4 is 86.5 Å². The van der Waals surface area contributed by atoms with E-state index in [-0.39, 0.29) is 78.9 Å². The second-order valence-corrected chi connectivity index (χ2v) is 17.7. The molecule has 24 nitrogen and oxygen atoms in total. The summed E-state index contributed by atoms with van der Waals surface area (Å²) in [5, 5.41) is 5.11. The molecule has 4 aromatic carbocycles. The maximum absolute atomic E-state index is 13.3. The van der Waals surface area contributed by atoms with Crippen molar-refractivity contribution in [2.45, 2.75) is 19.6 Å². The summed E-state index contributed by atoms with van der Waals surface area (Å²) >= 11 is 0.666. The molecule has 0 saturated heterocycles. The summed E-state index contributed by atoms with van der Waals surface area (Å²) in [6.45, 7) is 0. The smallest absolute Gasteiger partial charge is 0.313 e. The van der Waals surface area contributed by atoms with E-state index in [1.54, 1.807) is 18.2 Å². The Hall–Kier alpha value is -5.96. The van der Waals surface area contributed by atoms with Crippen LogP contribution >= 0.6 is 12.0 Å². The molecule has 10 N–H and O–H groups in total. The van der Waals surface area contributed by atoms with Crippen LogP contribution in [0.25, 0.3) is 89.7 Å². The fraction of sp³-hybridized carbons (Fsp3) is 0. The molecule has 0 fully saturated rings.